The van der Waals surface area contributed by atoms with Crippen LogP contribution in [-0.4, -0.2) is 16.3 Å². The predicted octanol–water partition coefficient (Wildman–Crippen LogP) is 1.57. The second kappa shape index (κ2) is 4.11. The van der Waals surface area contributed by atoms with Gasteiger partial charge in [-0.15, -0.1) is 12.4 Å². The van der Waals surface area contributed by atoms with Gasteiger partial charge in [0.1, 0.15) is 0 Å². The van der Waals surface area contributed by atoms with Crippen molar-refractivity contribution in [3.8, 4) is 0 Å². The molecular weight excluding hydrogens is 186 g/mol. The van der Waals surface area contributed by atoms with Crippen molar-refractivity contribution in [3.05, 3.63) is 17.5 Å². The molecule has 1 unspecified atom stereocenters. The SMILES string of the molecule is Cc1c(C2CCCN2)cnn1C.Cl. The molecule has 1 aromatic rings. The third kappa shape index (κ3) is 1.86. The van der Waals surface area contributed by atoms with Gasteiger partial charge in [-0.25, -0.2) is 0 Å². The highest BCUT2D eigenvalue weighted by Gasteiger charge is 2.19. The van der Waals surface area contributed by atoms with E-state index in [-0.39, 0.29) is 12.4 Å². The van der Waals surface area contributed by atoms with E-state index >= 15 is 0 Å². The Hall–Kier alpha value is -0.540. The van der Waals surface area contributed by atoms with Crippen molar-refractivity contribution in [2.24, 2.45) is 7.05 Å². The van der Waals surface area contributed by atoms with Crippen LogP contribution in [0.25, 0.3) is 0 Å². The summed E-state index contributed by atoms with van der Waals surface area (Å²) in [6.45, 7) is 3.28. The van der Waals surface area contributed by atoms with Crippen molar-refractivity contribution in [2.45, 2.75) is 25.8 Å². The molecule has 2 rings (SSSR count). The zero-order valence-electron chi connectivity index (χ0n) is 8.08. The summed E-state index contributed by atoms with van der Waals surface area (Å²) in [4.78, 5) is 0. The van der Waals surface area contributed by atoms with Gasteiger partial charge in [0.25, 0.3) is 0 Å². The van der Waals surface area contributed by atoms with Gasteiger partial charge in [-0.05, 0) is 26.3 Å². The molecule has 0 radical (unpaired) electrons. The quantitative estimate of drug-likeness (QED) is 0.748. The molecule has 1 fully saturated rings. The van der Waals surface area contributed by atoms with Gasteiger partial charge in [-0.1, -0.05) is 0 Å². The highest BCUT2D eigenvalue weighted by molar-refractivity contribution is 5.85. The number of aryl methyl sites for hydroxylation is 1. The topological polar surface area (TPSA) is 29.9 Å². The maximum Gasteiger partial charge on any atom is 0.0540 e. The summed E-state index contributed by atoms with van der Waals surface area (Å²) in [6, 6.07) is 0.554. The van der Waals surface area contributed by atoms with Gasteiger partial charge in [0, 0.05) is 24.3 Å². The fourth-order valence-corrected chi connectivity index (χ4v) is 1.81. The van der Waals surface area contributed by atoms with Crippen molar-refractivity contribution in [3.63, 3.8) is 0 Å². The summed E-state index contributed by atoms with van der Waals surface area (Å²) >= 11 is 0. The van der Waals surface area contributed by atoms with E-state index in [1.807, 2.05) is 17.9 Å². The molecule has 4 heteroatoms. The van der Waals surface area contributed by atoms with Crippen LogP contribution in [0.15, 0.2) is 6.20 Å². The number of hydrogen-bond acceptors (Lipinski definition) is 2. The second-order valence-corrected chi connectivity index (χ2v) is 3.46. The highest BCUT2D eigenvalue weighted by atomic mass is 35.5. The van der Waals surface area contributed by atoms with E-state index in [2.05, 4.69) is 17.3 Å². The zero-order valence-corrected chi connectivity index (χ0v) is 8.90. The van der Waals surface area contributed by atoms with Gasteiger partial charge in [0.15, 0.2) is 0 Å². The molecule has 0 aliphatic carbocycles. The van der Waals surface area contributed by atoms with Gasteiger partial charge in [0.2, 0.25) is 0 Å². The van der Waals surface area contributed by atoms with Crippen LogP contribution in [0.1, 0.15) is 30.1 Å². The predicted molar refractivity (Wildman–Crippen MR) is 55.2 cm³/mol. The average Bonchev–Trinajstić information content (AvgIpc) is 2.64. The van der Waals surface area contributed by atoms with Gasteiger partial charge >= 0.3 is 0 Å². The van der Waals surface area contributed by atoms with Gasteiger partial charge in [0.05, 0.1) is 6.20 Å². The molecule has 0 bridgehead atoms. The van der Waals surface area contributed by atoms with Crippen LogP contribution >= 0.6 is 12.4 Å². The zero-order chi connectivity index (χ0) is 8.55. The van der Waals surface area contributed by atoms with Crippen molar-refractivity contribution in [1.82, 2.24) is 15.1 Å². The van der Waals surface area contributed by atoms with Gasteiger partial charge < -0.3 is 5.32 Å². The summed E-state index contributed by atoms with van der Waals surface area (Å²) < 4.78 is 1.94. The molecular formula is C9H16ClN3. The first-order chi connectivity index (χ1) is 5.79. The maximum atomic E-state index is 4.24. The number of nitrogens with one attached hydrogen (secondary N) is 1. The number of halogens is 1. The molecule has 1 saturated heterocycles. The van der Waals surface area contributed by atoms with Crippen molar-refractivity contribution < 1.29 is 0 Å². The highest BCUT2D eigenvalue weighted by Crippen LogP contribution is 2.24. The first-order valence-corrected chi connectivity index (χ1v) is 4.51. The molecule has 0 spiro atoms. The maximum absolute atomic E-state index is 4.24. The lowest BCUT2D eigenvalue weighted by Crippen LogP contribution is -2.13. The Morgan fingerprint density at radius 2 is 2.38 bits per heavy atom. The Kier molecular flexibility index (Phi) is 3.33. The summed E-state index contributed by atoms with van der Waals surface area (Å²) in [6.07, 6.45) is 4.53. The third-order valence-electron chi connectivity index (χ3n) is 2.71. The van der Waals surface area contributed by atoms with Crippen molar-refractivity contribution >= 4 is 12.4 Å². The van der Waals surface area contributed by atoms with Gasteiger partial charge in [-0.3, -0.25) is 4.68 Å². The van der Waals surface area contributed by atoms with Crippen LogP contribution in [0.3, 0.4) is 0 Å². The monoisotopic (exact) mass is 201 g/mol. The van der Waals surface area contributed by atoms with Crippen molar-refractivity contribution in [1.29, 1.82) is 0 Å². The number of rotatable bonds is 1. The molecule has 1 atom stereocenters. The standard InChI is InChI=1S/C9H15N3.ClH/c1-7-8(6-11-12(7)2)9-4-3-5-10-9;/h6,9-10H,3-5H2,1-2H3;1H. The lowest BCUT2D eigenvalue weighted by molar-refractivity contribution is 0.639. The average molecular weight is 202 g/mol. The molecule has 2 heterocycles. The minimum Gasteiger partial charge on any atom is -0.310 e. The number of aromatic nitrogens is 2. The van der Waals surface area contributed by atoms with Crippen LogP contribution < -0.4 is 5.32 Å². The summed E-state index contributed by atoms with van der Waals surface area (Å²) in [5, 5.41) is 7.71. The molecule has 0 saturated carbocycles. The number of nitrogens with zero attached hydrogens (tertiary/aromatic N) is 2. The first kappa shape index (κ1) is 10.5. The summed E-state index contributed by atoms with van der Waals surface area (Å²) in [5.41, 5.74) is 2.66. The Balaban J connectivity index is 0.000000845. The normalized spacial score (nSPS) is 21.5. The molecule has 1 aromatic heterocycles. The Bertz CT molecular complexity index is 276. The van der Waals surface area contributed by atoms with Crippen LogP contribution in [0.5, 0.6) is 0 Å². The van der Waals surface area contributed by atoms with Crippen molar-refractivity contribution in [2.75, 3.05) is 6.54 Å². The van der Waals surface area contributed by atoms with Crippen LogP contribution in [0.4, 0.5) is 0 Å². The summed E-state index contributed by atoms with van der Waals surface area (Å²) in [5.74, 6) is 0. The lowest BCUT2D eigenvalue weighted by Gasteiger charge is -2.08. The largest absolute Gasteiger partial charge is 0.310 e. The van der Waals surface area contributed by atoms with E-state index < -0.39 is 0 Å². The second-order valence-electron chi connectivity index (χ2n) is 3.46. The minimum atomic E-state index is 0. The Morgan fingerprint density at radius 3 is 2.85 bits per heavy atom. The van der Waals surface area contributed by atoms with E-state index in [1.165, 1.54) is 24.1 Å². The molecule has 0 aromatic carbocycles. The van der Waals surface area contributed by atoms with E-state index in [0.717, 1.165) is 6.54 Å². The minimum absolute atomic E-state index is 0. The number of hydrogen-bond donors (Lipinski definition) is 1. The fourth-order valence-electron chi connectivity index (χ4n) is 1.81. The fraction of sp³-hybridized carbons (Fsp3) is 0.667. The molecule has 13 heavy (non-hydrogen) atoms. The van der Waals surface area contributed by atoms with Gasteiger partial charge in [-0.2, -0.15) is 5.10 Å². The molecule has 74 valence electrons. The first-order valence-electron chi connectivity index (χ1n) is 4.51. The van der Waals surface area contributed by atoms with E-state index in [0.29, 0.717) is 6.04 Å². The van der Waals surface area contributed by atoms with Crippen LogP contribution in [0, 0.1) is 6.92 Å². The van der Waals surface area contributed by atoms with Crippen LogP contribution in [-0.2, 0) is 7.05 Å². The summed E-state index contributed by atoms with van der Waals surface area (Å²) in [7, 11) is 1.99. The van der Waals surface area contributed by atoms with E-state index in [1.54, 1.807) is 0 Å². The molecule has 1 aliphatic heterocycles. The Morgan fingerprint density at radius 1 is 1.62 bits per heavy atom. The lowest BCUT2D eigenvalue weighted by atomic mass is 10.1. The van der Waals surface area contributed by atoms with E-state index in [9.17, 15) is 0 Å². The Labute approximate surface area is 84.9 Å². The molecule has 1 aliphatic rings. The molecule has 1 N–H and O–H groups in total. The van der Waals surface area contributed by atoms with E-state index in [4.69, 9.17) is 0 Å². The smallest absolute Gasteiger partial charge is 0.0540 e. The molecule has 3 nitrogen and oxygen atoms in total. The molecule has 0 amide bonds. The third-order valence-corrected chi connectivity index (χ3v) is 2.71. The van der Waals surface area contributed by atoms with Crippen LogP contribution in [0.2, 0.25) is 0 Å².